The number of esters is 1. The number of hydrogen-bond acceptors (Lipinski definition) is 10. The highest BCUT2D eigenvalue weighted by Gasteiger charge is 2.18. The number of nitrogens with zero attached hydrogens (tertiary/aromatic N) is 3. The number of primary amides is 1. The molecular weight excluding hydrogens is 578 g/mol. The number of benzene rings is 2. The molecule has 0 aliphatic rings. The van der Waals surface area contributed by atoms with Crippen LogP contribution in [0, 0.1) is 0 Å². The predicted octanol–water partition coefficient (Wildman–Crippen LogP) is 0.690. The molecule has 1 atom stereocenters. The number of imidazole rings is 1. The Hall–Kier alpha value is -6.03. The second kappa shape index (κ2) is 13.3. The van der Waals surface area contributed by atoms with Crippen LogP contribution in [0.1, 0.15) is 55.9 Å². The number of carboxylic acids is 1. The van der Waals surface area contributed by atoms with Gasteiger partial charge < -0.3 is 36.0 Å². The molecule has 3 aromatic heterocycles. The molecule has 0 bridgehead atoms. The summed E-state index contributed by atoms with van der Waals surface area (Å²) in [7, 11) is 2.87. The van der Waals surface area contributed by atoms with Gasteiger partial charge in [0.25, 0.3) is 5.91 Å². The molecule has 16 nitrogen and oxygen atoms in total. The van der Waals surface area contributed by atoms with Crippen LogP contribution in [-0.4, -0.2) is 54.9 Å². The number of carbonyl (C=O) groups excluding carboxylic acids is 3. The largest absolute Gasteiger partial charge is 0.477 e. The third-order valence-corrected chi connectivity index (χ3v) is 6.26. The van der Waals surface area contributed by atoms with E-state index in [2.05, 4.69) is 20.0 Å². The number of hydrogen-bond donors (Lipinski definition) is 5. The van der Waals surface area contributed by atoms with Gasteiger partial charge in [0.1, 0.15) is 17.4 Å². The second-order valence-electron chi connectivity index (χ2n) is 9.02. The number of carboxylic acid groups (broad SMARTS) is 1. The summed E-state index contributed by atoms with van der Waals surface area (Å²) < 4.78 is 11.8. The van der Waals surface area contributed by atoms with Gasteiger partial charge in [-0.2, -0.15) is 0 Å². The van der Waals surface area contributed by atoms with Crippen molar-refractivity contribution in [3.63, 3.8) is 0 Å². The molecule has 16 heteroatoms. The first-order valence-electron chi connectivity index (χ1n) is 12.4. The Balaban J connectivity index is 0.000000282. The lowest BCUT2D eigenvalue weighted by Gasteiger charge is -2.07. The average molecular weight is 608 g/mol. The molecule has 5 aromatic rings. The molecule has 3 heterocycles. The molecule has 5 rings (SSSR count). The van der Waals surface area contributed by atoms with Crippen molar-refractivity contribution >= 4 is 40.5 Å². The number of aromatic amines is 1. The summed E-state index contributed by atoms with van der Waals surface area (Å²) in [6.45, 7) is 0.114. The van der Waals surface area contributed by atoms with Crippen molar-refractivity contribution in [1.82, 2.24) is 24.3 Å². The fourth-order valence-electron chi connectivity index (χ4n) is 3.96. The first kappa shape index (κ1) is 32.5. The van der Waals surface area contributed by atoms with Crippen molar-refractivity contribution in [1.29, 1.82) is 0 Å². The van der Waals surface area contributed by atoms with Gasteiger partial charge in [-0.15, -0.1) is 0 Å². The highest BCUT2D eigenvalue weighted by Crippen LogP contribution is 2.15. The number of carbonyl (C=O) groups is 4. The summed E-state index contributed by atoms with van der Waals surface area (Å²) in [5.74, 6) is -3.51. The Morgan fingerprint density at radius 1 is 1.11 bits per heavy atom. The minimum absolute atomic E-state index is 0. The molecule has 0 unspecified atom stereocenters. The quantitative estimate of drug-likeness (QED) is 0.161. The van der Waals surface area contributed by atoms with Crippen molar-refractivity contribution in [2.24, 2.45) is 18.5 Å². The molecule has 2 aromatic carbocycles. The number of ether oxygens (including phenoxy) is 1. The summed E-state index contributed by atoms with van der Waals surface area (Å²) in [5, 5.41) is 11.9. The van der Waals surface area contributed by atoms with Crippen LogP contribution < -0.4 is 28.2 Å². The lowest BCUT2D eigenvalue weighted by Crippen LogP contribution is -2.28. The van der Waals surface area contributed by atoms with Crippen LogP contribution in [0.2, 0.25) is 0 Å². The van der Waals surface area contributed by atoms with Crippen molar-refractivity contribution in [2.75, 3.05) is 7.11 Å². The number of fused-ring (bicyclic) bond motifs is 2. The maximum atomic E-state index is 12.4. The SMILES string of the molecule is C.COC(=O)c1ccc([C@@H](N)C(N)=O)cc1.Cn1c(=O)oc2ccc(CNC(=O)c3cc(C(=O)O)n4c(=O)[nH]cc4n3)cc21. The van der Waals surface area contributed by atoms with Crippen LogP contribution in [0.15, 0.2) is 68.7 Å². The van der Waals surface area contributed by atoms with E-state index in [4.69, 9.17) is 15.9 Å². The standard InChI is InChI=1S/C17H13N5O6.C10H12N2O3.CH4/c1-21-10-4-8(2-3-12(10)28-17(21)27)6-18-14(23)9-5-11(15(24)25)22-13(20-9)7-19-16(22)26;1-15-10(14)7-4-2-6(3-5-7)8(11)9(12)13;/h2-5,7H,6H2,1H3,(H,18,23)(H,19,26)(H,24,25);2-5,8H,11H2,1H3,(H2,12,13);1H4/t;8-;/m.1./s1. The Bertz CT molecular complexity index is 1980. The molecular formula is C28H29N7O9. The highest BCUT2D eigenvalue weighted by molar-refractivity contribution is 5.96. The van der Waals surface area contributed by atoms with E-state index in [1.165, 1.54) is 30.0 Å². The zero-order valence-corrected chi connectivity index (χ0v) is 22.7. The monoisotopic (exact) mass is 607 g/mol. The summed E-state index contributed by atoms with van der Waals surface area (Å²) in [6.07, 6.45) is 1.22. The van der Waals surface area contributed by atoms with Gasteiger partial charge in [-0.25, -0.2) is 28.6 Å². The van der Waals surface area contributed by atoms with E-state index >= 15 is 0 Å². The minimum atomic E-state index is -1.37. The lowest BCUT2D eigenvalue weighted by atomic mass is 10.1. The first-order valence-corrected chi connectivity index (χ1v) is 12.4. The smallest absolute Gasteiger partial charge is 0.419 e. The van der Waals surface area contributed by atoms with Crippen molar-refractivity contribution in [2.45, 2.75) is 20.0 Å². The molecule has 7 N–H and O–H groups in total. The number of amides is 2. The van der Waals surface area contributed by atoms with Crippen LogP contribution in [0.25, 0.3) is 16.7 Å². The van der Waals surface area contributed by atoms with Crippen molar-refractivity contribution < 1.29 is 33.4 Å². The molecule has 0 radical (unpaired) electrons. The summed E-state index contributed by atoms with van der Waals surface area (Å²) >= 11 is 0. The molecule has 44 heavy (non-hydrogen) atoms. The van der Waals surface area contributed by atoms with Crippen molar-refractivity contribution in [3.05, 3.63) is 104 Å². The second-order valence-corrected chi connectivity index (χ2v) is 9.02. The van der Waals surface area contributed by atoms with Gasteiger partial charge in [0.2, 0.25) is 5.91 Å². The van der Waals surface area contributed by atoms with Gasteiger partial charge in [-0.1, -0.05) is 25.6 Å². The molecule has 0 aliphatic carbocycles. The average Bonchev–Trinajstić information content (AvgIpc) is 3.52. The Morgan fingerprint density at radius 2 is 1.80 bits per heavy atom. The van der Waals surface area contributed by atoms with Gasteiger partial charge in [0.05, 0.1) is 18.2 Å². The molecule has 0 saturated heterocycles. The van der Waals surface area contributed by atoms with E-state index in [0.717, 1.165) is 10.5 Å². The number of rotatable bonds is 7. The van der Waals surface area contributed by atoms with Crippen LogP contribution in [0.5, 0.6) is 0 Å². The number of methoxy groups -OCH3 is 1. The van der Waals surface area contributed by atoms with Crippen LogP contribution in [0.3, 0.4) is 0 Å². The molecule has 2 amide bonds. The van der Waals surface area contributed by atoms with Gasteiger partial charge in [-0.3, -0.25) is 14.2 Å². The highest BCUT2D eigenvalue weighted by atomic mass is 16.5. The molecule has 0 saturated carbocycles. The summed E-state index contributed by atoms with van der Waals surface area (Å²) in [5.41, 5.74) is 12.1. The number of oxazole rings is 1. The van der Waals surface area contributed by atoms with E-state index in [0.29, 0.717) is 27.8 Å². The maximum absolute atomic E-state index is 12.4. The van der Waals surface area contributed by atoms with E-state index < -0.39 is 41.2 Å². The van der Waals surface area contributed by atoms with E-state index in [1.54, 1.807) is 37.4 Å². The van der Waals surface area contributed by atoms with Gasteiger partial charge >= 0.3 is 23.4 Å². The van der Waals surface area contributed by atoms with Crippen LogP contribution in [0.4, 0.5) is 0 Å². The number of aromatic carboxylic acids is 1. The Morgan fingerprint density at radius 3 is 2.41 bits per heavy atom. The normalized spacial score (nSPS) is 11.2. The number of aromatic nitrogens is 4. The van der Waals surface area contributed by atoms with Gasteiger partial charge in [0.15, 0.2) is 11.2 Å². The zero-order chi connectivity index (χ0) is 31.4. The van der Waals surface area contributed by atoms with E-state index in [-0.39, 0.29) is 31.0 Å². The molecule has 0 aliphatic heterocycles. The molecule has 0 spiro atoms. The Kier molecular flexibility index (Phi) is 9.82. The van der Waals surface area contributed by atoms with Gasteiger partial charge in [-0.05, 0) is 35.4 Å². The predicted molar refractivity (Wildman–Crippen MR) is 156 cm³/mol. The summed E-state index contributed by atoms with van der Waals surface area (Å²) in [6, 6.07) is 11.4. The maximum Gasteiger partial charge on any atom is 0.419 e. The number of nitrogens with one attached hydrogen (secondary N) is 2. The number of nitrogens with two attached hydrogens (primary N) is 2. The molecule has 0 fully saturated rings. The number of H-pyrrole nitrogens is 1. The topological polar surface area (TPSA) is 247 Å². The van der Waals surface area contributed by atoms with Crippen molar-refractivity contribution in [3.8, 4) is 0 Å². The fourth-order valence-corrected chi connectivity index (χ4v) is 3.96. The minimum Gasteiger partial charge on any atom is -0.477 e. The van der Waals surface area contributed by atoms with Gasteiger partial charge in [0, 0.05) is 25.9 Å². The third kappa shape index (κ3) is 6.71. The zero-order valence-electron chi connectivity index (χ0n) is 22.7. The lowest BCUT2D eigenvalue weighted by molar-refractivity contribution is -0.119. The van der Waals surface area contributed by atoms with Crippen LogP contribution in [-0.2, 0) is 23.1 Å². The molecule has 230 valence electrons. The van der Waals surface area contributed by atoms with E-state index in [1.807, 2.05) is 0 Å². The number of aryl methyl sites for hydroxylation is 1. The first-order chi connectivity index (χ1) is 20.4. The Labute approximate surface area is 247 Å². The third-order valence-electron chi connectivity index (χ3n) is 6.26. The fraction of sp³-hybridized carbons (Fsp3) is 0.179. The van der Waals surface area contributed by atoms with E-state index in [9.17, 15) is 33.9 Å². The van der Waals surface area contributed by atoms with Crippen LogP contribution >= 0.6 is 0 Å². The summed E-state index contributed by atoms with van der Waals surface area (Å²) in [4.78, 5) is 75.3.